The molecule has 0 saturated heterocycles. The van der Waals surface area contributed by atoms with Crippen LogP contribution in [0.1, 0.15) is 21.8 Å². The van der Waals surface area contributed by atoms with Crippen LogP contribution in [0.25, 0.3) is 11.4 Å². The second-order valence-electron chi connectivity index (χ2n) is 5.03. The van der Waals surface area contributed by atoms with Crippen molar-refractivity contribution in [1.29, 1.82) is 0 Å². The van der Waals surface area contributed by atoms with Crippen molar-refractivity contribution in [3.8, 4) is 11.4 Å². The molecule has 2 aromatic heterocycles. The van der Waals surface area contributed by atoms with Gasteiger partial charge in [0.25, 0.3) is 5.91 Å². The summed E-state index contributed by atoms with van der Waals surface area (Å²) in [5.74, 6) is 0.739. The van der Waals surface area contributed by atoms with Crippen LogP contribution in [-0.4, -0.2) is 38.2 Å². The van der Waals surface area contributed by atoms with Crippen molar-refractivity contribution >= 4 is 5.91 Å². The van der Waals surface area contributed by atoms with E-state index in [2.05, 4.69) is 20.3 Å². The van der Waals surface area contributed by atoms with Gasteiger partial charge in [0.05, 0.1) is 18.3 Å². The maximum absolute atomic E-state index is 12.1. The van der Waals surface area contributed by atoms with Crippen LogP contribution in [-0.2, 0) is 6.54 Å². The molecular weight excluding hydrogens is 282 g/mol. The van der Waals surface area contributed by atoms with Gasteiger partial charge in [-0.25, -0.2) is 0 Å². The maximum atomic E-state index is 12.1. The van der Waals surface area contributed by atoms with Crippen LogP contribution in [0.4, 0.5) is 0 Å². The van der Waals surface area contributed by atoms with Gasteiger partial charge in [0.1, 0.15) is 0 Å². The van der Waals surface area contributed by atoms with E-state index in [0.29, 0.717) is 17.3 Å². The van der Waals surface area contributed by atoms with Crippen molar-refractivity contribution in [2.45, 2.75) is 13.5 Å². The van der Waals surface area contributed by atoms with Crippen molar-refractivity contribution in [3.05, 3.63) is 53.7 Å². The van der Waals surface area contributed by atoms with Gasteiger partial charge in [-0.05, 0) is 13.0 Å². The molecule has 1 N–H and O–H groups in total. The molecule has 0 unspecified atom stereocenters. The number of H-pyrrole nitrogens is 1. The molecule has 0 aliphatic heterocycles. The zero-order valence-electron chi connectivity index (χ0n) is 12.3. The second kappa shape index (κ2) is 5.80. The number of nitrogens with one attached hydrogen (secondary N) is 1. The van der Waals surface area contributed by atoms with Gasteiger partial charge in [0.15, 0.2) is 0 Å². The number of aromatic nitrogens is 4. The minimum atomic E-state index is -0.163. The summed E-state index contributed by atoms with van der Waals surface area (Å²) in [5, 5.41) is 10.3. The smallest absolute Gasteiger partial charge is 0.257 e. The van der Waals surface area contributed by atoms with Crippen LogP contribution in [0.2, 0.25) is 0 Å². The molecule has 0 aliphatic rings. The summed E-state index contributed by atoms with van der Waals surface area (Å²) in [6, 6.07) is 7.84. The van der Waals surface area contributed by atoms with E-state index >= 15 is 0 Å². The molecular formula is C15H15N5O2. The first-order chi connectivity index (χ1) is 10.6. The number of carbonyl (C=O) groups excluding carboxylic acids is 1. The van der Waals surface area contributed by atoms with Crippen molar-refractivity contribution in [2.24, 2.45) is 0 Å². The summed E-state index contributed by atoms with van der Waals surface area (Å²) in [6.07, 6.45) is 3.02. The Kier molecular flexibility index (Phi) is 3.69. The molecule has 7 nitrogen and oxygen atoms in total. The predicted octanol–water partition coefficient (Wildman–Crippen LogP) is 2.04. The van der Waals surface area contributed by atoms with Gasteiger partial charge in [-0.3, -0.25) is 9.89 Å². The van der Waals surface area contributed by atoms with Gasteiger partial charge in [-0.1, -0.05) is 28.9 Å². The summed E-state index contributed by atoms with van der Waals surface area (Å²) in [6.45, 7) is 2.24. The maximum Gasteiger partial charge on any atom is 0.257 e. The van der Waals surface area contributed by atoms with E-state index in [-0.39, 0.29) is 12.5 Å². The monoisotopic (exact) mass is 297 g/mol. The minimum absolute atomic E-state index is 0.163. The number of hydrogen-bond donors (Lipinski definition) is 1. The molecule has 3 aromatic rings. The number of aromatic amines is 1. The molecule has 3 rings (SSSR count). The average Bonchev–Trinajstić information content (AvgIpc) is 3.18. The largest absolute Gasteiger partial charge is 0.337 e. The highest BCUT2D eigenvalue weighted by molar-refractivity contribution is 5.93. The van der Waals surface area contributed by atoms with Gasteiger partial charge >= 0.3 is 0 Å². The molecule has 0 radical (unpaired) electrons. The highest BCUT2D eigenvalue weighted by atomic mass is 16.5. The van der Waals surface area contributed by atoms with Gasteiger partial charge in [-0.15, -0.1) is 0 Å². The van der Waals surface area contributed by atoms with Crippen LogP contribution < -0.4 is 0 Å². The lowest BCUT2D eigenvalue weighted by Crippen LogP contribution is -2.25. The van der Waals surface area contributed by atoms with Gasteiger partial charge in [-0.2, -0.15) is 10.1 Å². The molecule has 0 bridgehead atoms. The molecule has 0 aliphatic carbocycles. The molecule has 112 valence electrons. The Balaban J connectivity index is 1.73. The predicted molar refractivity (Wildman–Crippen MR) is 78.9 cm³/mol. The molecule has 0 saturated carbocycles. The first-order valence-electron chi connectivity index (χ1n) is 6.77. The van der Waals surface area contributed by atoms with Crippen molar-refractivity contribution in [1.82, 2.24) is 25.2 Å². The molecule has 2 heterocycles. The first kappa shape index (κ1) is 14.0. The number of nitrogens with zero attached hydrogens (tertiary/aromatic N) is 4. The van der Waals surface area contributed by atoms with E-state index in [0.717, 1.165) is 11.1 Å². The van der Waals surface area contributed by atoms with Crippen molar-refractivity contribution in [3.63, 3.8) is 0 Å². The number of hydrogen-bond acceptors (Lipinski definition) is 5. The standard InChI is InChI=1S/C15H15N5O2/c1-10-4-3-5-11(6-10)14-18-13(22-19-14)9-20(2)15(21)12-7-16-17-8-12/h3-8H,9H2,1-2H3,(H,16,17). The normalized spacial score (nSPS) is 10.6. The lowest BCUT2D eigenvalue weighted by Gasteiger charge is -2.12. The van der Waals surface area contributed by atoms with Crippen LogP contribution in [0, 0.1) is 6.92 Å². The molecule has 0 fully saturated rings. The zero-order valence-corrected chi connectivity index (χ0v) is 12.3. The van der Waals surface area contributed by atoms with Crippen molar-refractivity contribution < 1.29 is 9.32 Å². The summed E-state index contributed by atoms with van der Waals surface area (Å²) in [5.41, 5.74) is 2.50. The third-order valence-corrected chi connectivity index (χ3v) is 3.21. The van der Waals surface area contributed by atoms with Crippen LogP contribution >= 0.6 is 0 Å². The summed E-state index contributed by atoms with van der Waals surface area (Å²) >= 11 is 0. The van der Waals surface area contributed by atoms with E-state index < -0.39 is 0 Å². The molecule has 1 aromatic carbocycles. The average molecular weight is 297 g/mol. The van der Waals surface area contributed by atoms with E-state index in [9.17, 15) is 4.79 Å². The van der Waals surface area contributed by atoms with Crippen LogP contribution in [0.15, 0.2) is 41.2 Å². The molecule has 0 spiro atoms. The molecule has 0 atom stereocenters. The van der Waals surface area contributed by atoms with Gasteiger partial charge < -0.3 is 9.42 Å². The topological polar surface area (TPSA) is 87.9 Å². The summed E-state index contributed by atoms with van der Waals surface area (Å²) in [4.78, 5) is 17.9. The molecule has 7 heteroatoms. The SMILES string of the molecule is Cc1cccc(-c2noc(CN(C)C(=O)c3cn[nH]c3)n2)c1. The Hall–Kier alpha value is -2.96. The number of aryl methyl sites for hydroxylation is 1. The van der Waals surface area contributed by atoms with Gasteiger partial charge in [0.2, 0.25) is 11.7 Å². The number of benzene rings is 1. The third-order valence-electron chi connectivity index (χ3n) is 3.21. The summed E-state index contributed by atoms with van der Waals surface area (Å²) < 4.78 is 5.22. The van der Waals surface area contributed by atoms with E-state index in [1.54, 1.807) is 13.2 Å². The molecule has 22 heavy (non-hydrogen) atoms. The van der Waals surface area contributed by atoms with Gasteiger partial charge in [0, 0.05) is 18.8 Å². The Morgan fingerprint density at radius 3 is 3.00 bits per heavy atom. The fourth-order valence-electron chi connectivity index (χ4n) is 2.08. The van der Waals surface area contributed by atoms with Crippen LogP contribution in [0.5, 0.6) is 0 Å². The fraction of sp³-hybridized carbons (Fsp3) is 0.200. The Morgan fingerprint density at radius 1 is 1.41 bits per heavy atom. The second-order valence-corrected chi connectivity index (χ2v) is 5.03. The number of carbonyl (C=O) groups is 1. The number of rotatable bonds is 4. The highest BCUT2D eigenvalue weighted by Crippen LogP contribution is 2.17. The third kappa shape index (κ3) is 2.88. The van der Waals surface area contributed by atoms with Crippen LogP contribution in [0.3, 0.4) is 0 Å². The number of amides is 1. The zero-order chi connectivity index (χ0) is 15.5. The Labute approximate surface area is 127 Å². The Bertz CT molecular complexity index is 779. The summed E-state index contributed by atoms with van der Waals surface area (Å²) in [7, 11) is 1.67. The lowest BCUT2D eigenvalue weighted by molar-refractivity contribution is 0.0769. The lowest BCUT2D eigenvalue weighted by atomic mass is 10.1. The first-order valence-corrected chi connectivity index (χ1v) is 6.77. The fourth-order valence-corrected chi connectivity index (χ4v) is 2.08. The van der Waals surface area contributed by atoms with E-state index in [1.807, 2.05) is 31.2 Å². The van der Waals surface area contributed by atoms with E-state index in [1.165, 1.54) is 11.1 Å². The highest BCUT2D eigenvalue weighted by Gasteiger charge is 2.16. The quantitative estimate of drug-likeness (QED) is 0.796. The van der Waals surface area contributed by atoms with Crippen molar-refractivity contribution in [2.75, 3.05) is 7.05 Å². The Morgan fingerprint density at radius 2 is 2.27 bits per heavy atom. The van der Waals surface area contributed by atoms with E-state index in [4.69, 9.17) is 4.52 Å². The molecule has 1 amide bonds. The minimum Gasteiger partial charge on any atom is -0.337 e.